The molecule has 5 rings (SSSR count). The fourth-order valence-corrected chi connectivity index (χ4v) is 3.57. The van der Waals surface area contributed by atoms with Gasteiger partial charge in [0.25, 0.3) is 0 Å². The summed E-state index contributed by atoms with van der Waals surface area (Å²) in [5, 5.41) is 10.3. The molecule has 3 heterocycles. The standard InChI is InChI=1S/C19H13Cl2N3O/c20-14-6-5-12(10-15(14)21)24-19-13(7-8-22-19)18(23-24)17-9-11-3-1-2-4-16(11)25-17/h1-6,9-10,22H,7-8H2. The molecule has 0 bridgehead atoms. The van der Waals surface area contributed by atoms with Gasteiger partial charge in [0, 0.05) is 17.5 Å². The number of benzene rings is 2. The van der Waals surface area contributed by atoms with E-state index >= 15 is 0 Å². The van der Waals surface area contributed by atoms with E-state index in [0.29, 0.717) is 10.0 Å². The number of halogens is 2. The third-order valence-corrected chi connectivity index (χ3v) is 5.20. The Labute approximate surface area is 154 Å². The normalized spacial score (nSPS) is 13.2. The first kappa shape index (κ1) is 14.9. The van der Waals surface area contributed by atoms with E-state index in [1.807, 2.05) is 47.1 Å². The van der Waals surface area contributed by atoms with E-state index in [2.05, 4.69) is 5.32 Å². The van der Waals surface area contributed by atoms with Gasteiger partial charge < -0.3 is 9.73 Å². The topological polar surface area (TPSA) is 43.0 Å². The highest BCUT2D eigenvalue weighted by molar-refractivity contribution is 6.42. The molecule has 1 aliphatic rings. The van der Waals surface area contributed by atoms with E-state index in [4.69, 9.17) is 32.7 Å². The highest BCUT2D eigenvalue weighted by atomic mass is 35.5. The largest absolute Gasteiger partial charge is 0.454 e. The van der Waals surface area contributed by atoms with E-state index in [-0.39, 0.29) is 0 Å². The van der Waals surface area contributed by atoms with E-state index < -0.39 is 0 Å². The van der Waals surface area contributed by atoms with Gasteiger partial charge in [0.2, 0.25) is 0 Å². The molecule has 2 aromatic heterocycles. The number of hydrogen-bond acceptors (Lipinski definition) is 3. The summed E-state index contributed by atoms with van der Waals surface area (Å²) in [5.41, 5.74) is 3.75. The lowest BCUT2D eigenvalue weighted by atomic mass is 10.1. The lowest BCUT2D eigenvalue weighted by Gasteiger charge is -2.07. The van der Waals surface area contributed by atoms with Crippen LogP contribution in [-0.4, -0.2) is 16.3 Å². The summed E-state index contributed by atoms with van der Waals surface area (Å²) in [7, 11) is 0. The van der Waals surface area contributed by atoms with Crippen molar-refractivity contribution in [2.45, 2.75) is 6.42 Å². The maximum atomic E-state index is 6.18. The van der Waals surface area contributed by atoms with Gasteiger partial charge in [-0.1, -0.05) is 41.4 Å². The Hall–Kier alpha value is -2.43. The number of nitrogens with one attached hydrogen (secondary N) is 1. The molecular formula is C19H13Cl2N3O. The lowest BCUT2D eigenvalue weighted by molar-refractivity contribution is 0.626. The zero-order valence-corrected chi connectivity index (χ0v) is 14.6. The Kier molecular flexibility index (Phi) is 3.30. The SMILES string of the molecule is Clc1ccc(-n2nc(-c3cc4ccccc4o3)c3c2NCC3)cc1Cl. The van der Waals surface area contributed by atoms with Crippen LogP contribution < -0.4 is 5.32 Å². The maximum absolute atomic E-state index is 6.18. The number of hydrogen-bond donors (Lipinski definition) is 1. The van der Waals surface area contributed by atoms with Crippen molar-refractivity contribution in [3.8, 4) is 17.1 Å². The minimum Gasteiger partial charge on any atom is -0.454 e. The molecule has 124 valence electrons. The van der Waals surface area contributed by atoms with Crippen LogP contribution in [0.3, 0.4) is 0 Å². The number of para-hydroxylation sites is 1. The Balaban J connectivity index is 1.70. The molecule has 2 aromatic carbocycles. The van der Waals surface area contributed by atoms with Gasteiger partial charge in [-0.15, -0.1) is 0 Å². The molecule has 1 N–H and O–H groups in total. The van der Waals surface area contributed by atoms with Gasteiger partial charge in [0.15, 0.2) is 5.76 Å². The molecule has 0 atom stereocenters. The molecule has 0 saturated carbocycles. The summed E-state index contributed by atoms with van der Waals surface area (Å²) in [6, 6.07) is 15.5. The van der Waals surface area contributed by atoms with Gasteiger partial charge in [-0.25, -0.2) is 4.68 Å². The van der Waals surface area contributed by atoms with E-state index in [9.17, 15) is 0 Å². The van der Waals surface area contributed by atoms with Crippen molar-refractivity contribution in [3.63, 3.8) is 0 Å². The number of rotatable bonds is 2. The van der Waals surface area contributed by atoms with Crippen molar-refractivity contribution in [2.75, 3.05) is 11.9 Å². The first-order chi connectivity index (χ1) is 12.2. The smallest absolute Gasteiger partial charge is 0.156 e. The van der Waals surface area contributed by atoms with Gasteiger partial charge in [0.1, 0.15) is 17.1 Å². The second-order valence-corrected chi connectivity index (χ2v) is 6.83. The summed E-state index contributed by atoms with van der Waals surface area (Å²) in [6.07, 6.45) is 0.906. The molecule has 1 aliphatic heterocycles. The van der Waals surface area contributed by atoms with Crippen LogP contribution in [0.1, 0.15) is 5.56 Å². The van der Waals surface area contributed by atoms with Crippen molar-refractivity contribution < 1.29 is 4.42 Å². The number of nitrogens with zero attached hydrogens (tertiary/aromatic N) is 2. The number of aromatic nitrogens is 2. The lowest BCUT2D eigenvalue weighted by Crippen LogP contribution is -2.04. The summed E-state index contributed by atoms with van der Waals surface area (Å²) in [5.74, 6) is 1.76. The molecule has 25 heavy (non-hydrogen) atoms. The average molecular weight is 370 g/mol. The average Bonchev–Trinajstić information content (AvgIpc) is 3.30. The molecular weight excluding hydrogens is 357 g/mol. The van der Waals surface area contributed by atoms with Crippen molar-refractivity contribution in [1.82, 2.24) is 9.78 Å². The fourth-order valence-electron chi connectivity index (χ4n) is 3.27. The van der Waals surface area contributed by atoms with Gasteiger partial charge in [-0.2, -0.15) is 5.10 Å². The number of fused-ring (bicyclic) bond motifs is 2. The van der Waals surface area contributed by atoms with Gasteiger partial charge in [0.05, 0.1) is 15.7 Å². The Morgan fingerprint density at radius 2 is 1.92 bits per heavy atom. The van der Waals surface area contributed by atoms with Crippen LogP contribution >= 0.6 is 23.2 Å². The maximum Gasteiger partial charge on any atom is 0.156 e. The quantitative estimate of drug-likeness (QED) is 0.502. The van der Waals surface area contributed by atoms with Crippen LogP contribution in [0.5, 0.6) is 0 Å². The second kappa shape index (κ2) is 5.55. The van der Waals surface area contributed by atoms with Crippen LogP contribution in [-0.2, 0) is 6.42 Å². The highest BCUT2D eigenvalue weighted by Gasteiger charge is 2.26. The monoisotopic (exact) mass is 369 g/mol. The predicted molar refractivity (Wildman–Crippen MR) is 101 cm³/mol. The molecule has 0 spiro atoms. The predicted octanol–water partition coefficient (Wildman–Crippen LogP) is 5.56. The van der Waals surface area contributed by atoms with Gasteiger partial charge in [-0.05, 0) is 36.8 Å². The minimum atomic E-state index is 0.506. The molecule has 0 amide bonds. The third-order valence-electron chi connectivity index (χ3n) is 4.46. The Morgan fingerprint density at radius 3 is 2.76 bits per heavy atom. The van der Waals surface area contributed by atoms with E-state index in [0.717, 1.165) is 52.5 Å². The molecule has 0 radical (unpaired) electrons. The van der Waals surface area contributed by atoms with Crippen LogP contribution in [0.15, 0.2) is 52.9 Å². The third kappa shape index (κ3) is 2.33. The molecule has 0 saturated heterocycles. The zero-order valence-electron chi connectivity index (χ0n) is 13.1. The summed E-state index contributed by atoms with van der Waals surface area (Å²) in [6.45, 7) is 0.877. The van der Waals surface area contributed by atoms with Crippen molar-refractivity contribution in [1.29, 1.82) is 0 Å². The van der Waals surface area contributed by atoms with Gasteiger partial charge in [-0.3, -0.25) is 0 Å². The summed E-state index contributed by atoms with van der Waals surface area (Å²) in [4.78, 5) is 0. The Morgan fingerprint density at radius 1 is 1.04 bits per heavy atom. The molecule has 6 heteroatoms. The number of anilines is 1. The minimum absolute atomic E-state index is 0.506. The highest BCUT2D eigenvalue weighted by Crippen LogP contribution is 2.37. The van der Waals surface area contributed by atoms with Crippen LogP contribution in [0.2, 0.25) is 10.0 Å². The molecule has 0 unspecified atom stereocenters. The van der Waals surface area contributed by atoms with Crippen molar-refractivity contribution in [2.24, 2.45) is 0 Å². The first-order valence-electron chi connectivity index (χ1n) is 8.01. The van der Waals surface area contributed by atoms with Crippen molar-refractivity contribution >= 4 is 40.0 Å². The molecule has 4 nitrogen and oxygen atoms in total. The molecule has 0 fully saturated rings. The van der Waals surface area contributed by atoms with E-state index in [1.165, 1.54) is 0 Å². The summed E-state index contributed by atoms with van der Waals surface area (Å²) >= 11 is 12.2. The second-order valence-electron chi connectivity index (χ2n) is 6.01. The Bertz CT molecular complexity index is 1080. The van der Waals surface area contributed by atoms with Crippen LogP contribution in [0, 0.1) is 0 Å². The van der Waals surface area contributed by atoms with Crippen LogP contribution in [0.4, 0.5) is 5.82 Å². The van der Waals surface area contributed by atoms with E-state index in [1.54, 1.807) is 6.07 Å². The van der Waals surface area contributed by atoms with Gasteiger partial charge >= 0.3 is 0 Å². The molecule has 4 aromatic rings. The van der Waals surface area contributed by atoms with Crippen LogP contribution in [0.25, 0.3) is 28.1 Å². The number of furan rings is 1. The molecule has 0 aliphatic carbocycles. The van der Waals surface area contributed by atoms with Crippen molar-refractivity contribution in [3.05, 3.63) is 64.1 Å². The zero-order chi connectivity index (χ0) is 17.0. The fraction of sp³-hybridized carbons (Fsp3) is 0.105. The first-order valence-corrected chi connectivity index (χ1v) is 8.76. The summed E-state index contributed by atoms with van der Waals surface area (Å²) < 4.78 is 7.89.